The molecule has 5 rings (SSSR count). The molecule has 2 aromatic heterocycles. The number of hydrogen-bond donors (Lipinski definition) is 2. The highest BCUT2D eigenvalue weighted by atomic mass is 35.5. The molecule has 2 N–H and O–H groups in total. The summed E-state index contributed by atoms with van der Waals surface area (Å²) >= 11 is 18.9. The number of amides is 1. The Labute approximate surface area is 242 Å². The average molecular weight is 581 g/mol. The SMILES string of the molecule is COc1ccc(N2C(=S)N[C@@H](c3ccccn3)[C@@H]2c2cc(C)n(-c3cccc(Cl)c3Cl)c2C)cc1NC(C)=O. The molecule has 2 atom stereocenters. The van der Waals surface area contributed by atoms with Crippen molar-refractivity contribution in [1.82, 2.24) is 14.9 Å². The molecule has 1 fully saturated rings. The molecule has 3 heterocycles. The lowest BCUT2D eigenvalue weighted by Gasteiger charge is -2.29. The molecule has 10 heteroatoms. The van der Waals surface area contributed by atoms with Gasteiger partial charge < -0.3 is 24.8 Å². The van der Waals surface area contributed by atoms with Gasteiger partial charge >= 0.3 is 0 Å². The molecule has 1 aliphatic heterocycles. The Hall–Kier alpha value is -3.59. The smallest absolute Gasteiger partial charge is 0.221 e. The number of nitrogens with one attached hydrogen (secondary N) is 2. The lowest BCUT2D eigenvalue weighted by atomic mass is 9.96. The monoisotopic (exact) mass is 579 g/mol. The Morgan fingerprint density at radius 3 is 2.59 bits per heavy atom. The summed E-state index contributed by atoms with van der Waals surface area (Å²) in [6, 6.07) is 18.7. The van der Waals surface area contributed by atoms with Crippen molar-refractivity contribution >= 4 is 57.8 Å². The molecule has 0 saturated carbocycles. The number of halogens is 2. The Morgan fingerprint density at radius 1 is 1.10 bits per heavy atom. The van der Waals surface area contributed by atoms with Gasteiger partial charge in [-0.2, -0.15) is 0 Å². The minimum atomic E-state index is -0.260. The van der Waals surface area contributed by atoms with E-state index in [2.05, 4.69) is 38.1 Å². The first-order valence-electron chi connectivity index (χ1n) is 12.3. The summed E-state index contributed by atoms with van der Waals surface area (Å²) in [6.07, 6.45) is 1.77. The highest BCUT2D eigenvalue weighted by Gasteiger charge is 2.42. The number of benzene rings is 2. The number of carbonyl (C=O) groups excluding carboxylic acids is 1. The number of aromatic nitrogens is 2. The fraction of sp³-hybridized carbons (Fsp3) is 0.207. The number of rotatable bonds is 6. The van der Waals surface area contributed by atoms with Gasteiger partial charge in [0.1, 0.15) is 5.75 Å². The first kappa shape index (κ1) is 27.0. The van der Waals surface area contributed by atoms with E-state index in [1.807, 2.05) is 55.5 Å². The van der Waals surface area contributed by atoms with E-state index in [9.17, 15) is 4.79 Å². The summed E-state index contributed by atoms with van der Waals surface area (Å²) in [7, 11) is 1.57. The summed E-state index contributed by atoms with van der Waals surface area (Å²) in [5.41, 5.74) is 6.05. The van der Waals surface area contributed by atoms with Gasteiger partial charge in [-0.25, -0.2) is 0 Å². The first-order chi connectivity index (χ1) is 18.7. The molecular formula is C29H27Cl2N5O2S. The van der Waals surface area contributed by atoms with E-state index in [1.54, 1.807) is 19.4 Å². The average Bonchev–Trinajstić information content (AvgIpc) is 3.41. The normalized spacial score (nSPS) is 16.8. The second-order valence-electron chi connectivity index (χ2n) is 9.30. The molecule has 0 bridgehead atoms. The summed E-state index contributed by atoms with van der Waals surface area (Å²) in [6.45, 7) is 5.56. The standard InChI is InChI=1S/C29H27Cl2N5O2S/c1-16-14-20(17(2)35(16)24-10-7-8-21(30)26(24)31)28-27(22-9-5-6-13-32-22)34-29(39)36(28)19-11-12-25(38-4)23(15-19)33-18(3)37/h5-15,27-28H,1-4H3,(H,33,37)(H,34,39)/t27-,28-/m0/s1. The summed E-state index contributed by atoms with van der Waals surface area (Å²) in [4.78, 5) is 18.6. The number of methoxy groups -OCH3 is 1. The van der Waals surface area contributed by atoms with E-state index in [-0.39, 0.29) is 18.0 Å². The van der Waals surface area contributed by atoms with Crippen molar-refractivity contribution in [1.29, 1.82) is 0 Å². The van der Waals surface area contributed by atoms with Crippen molar-refractivity contribution < 1.29 is 9.53 Å². The number of thiocarbonyl (C=S) groups is 1. The third kappa shape index (κ3) is 4.95. The van der Waals surface area contributed by atoms with Crippen molar-refractivity contribution in [2.24, 2.45) is 0 Å². The molecular weight excluding hydrogens is 553 g/mol. The summed E-state index contributed by atoms with van der Waals surface area (Å²) in [5, 5.41) is 7.87. The fourth-order valence-electron chi connectivity index (χ4n) is 5.21. The molecule has 4 aromatic rings. The topological polar surface area (TPSA) is 71.4 Å². The zero-order valence-electron chi connectivity index (χ0n) is 21.8. The third-order valence-corrected chi connectivity index (χ3v) is 7.95. The zero-order valence-corrected chi connectivity index (χ0v) is 24.2. The summed E-state index contributed by atoms with van der Waals surface area (Å²) < 4.78 is 7.59. The van der Waals surface area contributed by atoms with Crippen LogP contribution in [0.2, 0.25) is 10.0 Å². The van der Waals surface area contributed by atoms with Gasteiger partial charge in [-0.15, -0.1) is 0 Å². The fourth-order valence-corrected chi connectivity index (χ4v) is 5.93. The molecule has 39 heavy (non-hydrogen) atoms. The van der Waals surface area contributed by atoms with Gasteiger partial charge in [0.25, 0.3) is 0 Å². The maximum atomic E-state index is 11.9. The largest absolute Gasteiger partial charge is 0.495 e. The molecule has 0 unspecified atom stereocenters. The van der Waals surface area contributed by atoms with Gasteiger partial charge in [0, 0.05) is 30.2 Å². The third-order valence-electron chi connectivity index (χ3n) is 6.83. The van der Waals surface area contributed by atoms with Crippen LogP contribution in [0.25, 0.3) is 5.69 Å². The van der Waals surface area contributed by atoms with Crippen molar-refractivity contribution in [3.05, 3.63) is 99.6 Å². The number of anilines is 2. The van der Waals surface area contributed by atoms with E-state index in [1.165, 1.54) is 6.92 Å². The van der Waals surface area contributed by atoms with Crippen LogP contribution < -0.4 is 20.3 Å². The lowest BCUT2D eigenvalue weighted by molar-refractivity contribution is -0.114. The molecule has 200 valence electrons. The number of nitrogens with zero attached hydrogens (tertiary/aromatic N) is 3. The predicted octanol–water partition coefficient (Wildman–Crippen LogP) is 6.94. The minimum Gasteiger partial charge on any atom is -0.495 e. The Bertz CT molecular complexity index is 1570. The Balaban J connectivity index is 1.70. The Morgan fingerprint density at radius 2 is 1.90 bits per heavy atom. The van der Waals surface area contributed by atoms with Gasteiger partial charge in [-0.3, -0.25) is 9.78 Å². The summed E-state index contributed by atoms with van der Waals surface area (Å²) in [5.74, 6) is 0.357. The van der Waals surface area contributed by atoms with Gasteiger partial charge in [-0.1, -0.05) is 35.3 Å². The van der Waals surface area contributed by atoms with Gasteiger partial charge in [0.15, 0.2) is 5.11 Å². The number of aryl methyl sites for hydroxylation is 1. The molecule has 1 saturated heterocycles. The maximum Gasteiger partial charge on any atom is 0.221 e. The van der Waals surface area contributed by atoms with Crippen molar-refractivity contribution in [2.75, 3.05) is 17.3 Å². The van der Waals surface area contributed by atoms with Gasteiger partial charge in [0.05, 0.1) is 46.3 Å². The van der Waals surface area contributed by atoms with Crippen molar-refractivity contribution in [2.45, 2.75) is 32.9 Å². The van der Waals surface area contributed by atoms with E-state index >= 15 is 0 Å². The van der Waals surface area contributed by atoms with Crippen LogP contribution in [-0.4, -0.2) is 27.7 Å². The number of ether oxygens (including phenoxy) is 1. The number of carbonyl (C=O) groups is 1. The minimum absolute atomic E-state index is 0.197. The second-order valence-corrected chi connectivity index (χ2v) is 10.5. The maximum absolute atomic E-state index is 11.9. The molecule has 7 nitrogen and oxygen atoms in total. The highest BCUT2D eigenvalue weighted by Crippen LogP contribution is 2.45. The van der Waals surface area contributed by atoms with E-state index in [0.717, 1.165) is 34.0 Å². The lowest BCUT2D eigenvalue weighted by Crippen LogP contribution is -2.29. The molecule has 1 amide bonds. The number of pyridine rings is 1. The van der Waals surface area contributed by atoms with E-state index in [4.69, 9.17) is 40.2 Å². The van der Waals surface area contributed by atoms with Crippen LogP contribution in [0.3, 0.4) is 0 Å². The van der Waals surface area contributed by atoms with E-state index < -0.39 is 0 Å². The van der Waals surface area contributed by atoms with Crippen LogP contribution in [0, 0.1) is 13.8 Å². The van der Waals surface area contributed by atoms with Crippen LogP contribution in [0.5, 0.6) is 5.75 Å². The van der Waals surface area contributed by atoms with Crippen LogP contribution in [0.1, 0.15) is 41.7 Å². The molecule has 0 radical (unpaired) electrons. The van der Waals surface area contributed by atoms with Crippen LogP contribution in [0.15, 0.2) is 66.9 Å². The predicted molar refractivity (Wildman–Crippen MR) is 160 cm³/mol. The first-order valence-corrected chi connectivity index (χ1v) is 13.5. The number of hydrogen-bond acceptors (Lipinski definition) is 4. The molecule has 0 aliphatic carbocycles. The van der Waals surface area contributed by atoms with Gasteiger partial charge in [-0.05, 0) is 80.2 Å². The Kier molecular flexibility index (Phi) is 7.53. The molecule has 1 aliphatic rings. The highest BCUT2D eigenvalue weighted by molar-refractivity contribution is 7.80. The zero-order chi connectivity index (χ0) is 27.8. The van der Waals surface area contributed by atoms with Crippen molar-refractivity contribution in [3.63, 3.8) is 0 Å². The second kappa shape index (κ2) is 10.9. The molecule has 0 spiro atoms. The molecule has 2 aromatic carbocycles. The van der Waals surface area contributed by atoms with Crippen molar-refractivity contribution in [3.8, 4) is 11.4 Å². The van der Waals surface area contributed by atoms with Crippen LogP contribution >= 0.6 is 35.4 Å². The van der Waals surface area contributed by atoms with E-state index in [0.29, 0.717) is 26.6 Å². The van der Waals surface area contributed by atoms with Gasteiger partial charge in [0.2, 0.25) is 5.91 Å². The quantitative estimate of drug-likeness (QED) is 0.241. The van der Waals surface area contributed by atoms with Crippen LogP contribution in [0.4, 0.5) is 11.4 Å². The van der Waals surface area contributed by atoms with Crippen LogP contribution in [-0.2, 0) is 4.79 Å².